The van der Waals surface area contributed by atoms with Gasteiger partial charge < -0.3 is 24.7 Å². The standard InChI is InChI=1S/C19H23N3O4/c1-13-10-22(11-19(26-13)7-3-9-25-12-19)18(24)21-16-5-2-4-15-14(16)6-8-20-17(15)23/h2,4-6,8,13H,3,7,9-12H2,1H3,(H,20,23)(H,21,24). The van der Waals surface area contributed by atoms with Crippen molar-refractivity contribution in [1.29, 1.82) is 0 Å². The number of nitrogens with zero attached hydrogens (tertiary/aromatic N) is 1. The molecule has 7 heteroatoms. The molecule has 4 rings (SSSR count). The van der Waals surface area contributed by atoms with Gasteiger partial charge in [0.1, 0.15) is 5.60 Å². The summed E-state index contributed by atoms with van der Waals surface area (Å²) in [5.74, 6) is 0. The first-order valence-electron chi connectivity index (χ1n) is 8.98. The number of amides is 2. The minimum absolute atomic E-state index is 0.0495. The maximum absolute atomic E-state index is 12.9. The second-order valence-corrected chi connectivity index (χ2v) is 7.15. The van der Waals surface area contributed by atoms with E-state index in [2.05, 4.69) is 10.3 Å². The molecule has 1 aromatic heterocycles. The molecule has 1 spiro atoms. The number of nitrogens with one attached hydrogen (secondary N) is 2. The molecule has 0 aliphatic carbocycles. The minimum Gasteiger partial charge on any atom is -0.378 e. The number of aromatic nitrogens is 1. The van der Waals surface area contributed by atoms with Crippen LogP contribution in [0.4, 0.5) is 10.5 Å². The molecule has 2 fully saturated rings. The van der Waals surface area contributed by atoms with Crippen LogP contribution in [-0.4, -0.2) is 53.9 Å². The van der Waals surface area contributed by atoms with Crippen molar-refractivity contribution in [3.05, 3.63) is 40.8 Å². The van der Waals surface area contributed by atoms with Crippen LogP contribution in [0.5, 0.6) is 0 Å². The predicted molar refractivity (Wildman–Crippen MR) is 98.5 cm³/mol. The van der Waals surface area contributed by atoms with Gasteiger partial charge in [-0.25, -0.2) is 4.79 Å². The van der Waals surface area contributed by atoms with Crippen LogP contribution < -0.4 is 10.9 Å². The average molecular weight is 357 g/mol. The molecule has 0 radical (unpaired) electrons. The third kappa shape index (κ3) is 3.20. The molecule has 2 amide bonds. The zero-order valence-electron chi connectivity index (χ0n) is 14.8. The van der Waals surface area contributed by atoms with E-state index < -0.39 is 5.60 Å². The fraction of sp³-hybridized carbons (Fsp3) is 0.474. The van der Waals surface area contributed by atoms with E-state index in [9.17, 15) is 9.59 Å². The van der Waals surface area contributed by atoms with Gasteiger partial charge in [-0.3, -0.25) is 4.79 Å². The van der Waals surface area contributed by atoms with Gasteiger partial charge in [-0.15, -0.1) is 0 Å². The number of benzene rings is 1. The Morgan fingerprint density at radius 2 is 2.23 bits per heavy atom. The smallest absolute Gasteiger partial charge is 0.322 e. The topological polar surface area (TPSA) is 83.7 Å². The molecule has 0 saturated carbocycles. The maximum atomic E-state index is 12.9. The normalized spacial score (nSPS) is 26.2. The van der Waals surface area contributed by atoms with Gasteiger partial charge >= 0.3 is 6.03 Å². The quantitative estimate of drug-likeness (QED) is 0.820. The number of ether oxygens (including phenoxy) is 2. The summed E-state index contributed by atoms with van der Waals surface area (Å²) < 4.78 is 11.7. The van der Waals surface area contributed by atoms with E-state index in [0.29, 0.717) is 30.8 Å². The number of anilines is 1. The fourth-order valence-corrected chi connectivity index (χ4v) is 3.95. The van der Waals surface area contributed by atoms with Crippen LogP contribution >= 0.6 is 0 Å². The number of rotatable bonds is 1. The first-order chi connectivity index (χ1) is 12.6. The van der Waals surface area contributed by atoms with Gasteiger partial charge in [0.25, 0.3) is 5.56 Å². The number of urea groups is 1. The van der Waals surface area contributed by atoms with Crippen molar-refractivity contribution in [3.63, 3.8) is 0 Å². The third-order valence-corrected chi connectivity index (χ3v) is 5.04. The number of pyridine rings is 1. The van der Waals surface area contributed by atoms with Crippen LogP contribution in [0.3, 0.4) is 0 Å². The molecule has 138 valence electrons. The maximum Gasteiger partial charge on any atom is 0.322 e. The van der Waals surface area contributed by atoms with Gasteiger partial charge in [0.15, 0.2) is 0 Å². The Kier molecular flexibility index (Phi) is 4.42. The van der Waals surface area contributed by atoms with E-state index in [1.807, 2.05) is 13.0 Å². The summed E-state index contributed by atoms with van der Waals surface area (Å²) in [5.41, 5.74) is 0.0481. The van der Waals surface area contributed by atoms with Crippen LogP contribution in [0.2, 0.25) is 0 Å². The van der Waals surface area contributed by atoms with Crippen molar-refractivity contribution >= 4 is 22.5 Å². The number of hydrogen-bond donors (Lipinski definition) is 2. The van der Waals surface area contributed by atoms with Crippen LogP contribution in [0.25, 0.3) is 10.8 Å². The molecule has 2 aliphatic heterocycles. The molecular formula is C19H23N3O4. The van der Waals surface area contributed by atoms with Gasteiger partial charge in [-0.1, -0.05) is 6.07 Å². The van der Waals surface area contributed by atoms with Gasteiger partial charge in [-0.2, -0.15) is 0 Å². The number of H-pyrrole nitrogens is 1. The summed E-state index contributed by atoms with van der Waals surface area (Å²) in [6, 6.07) is 6.94. The lowest BCUT2D eigenvalue weighted by Crippen LogP contribution is -2.60. The number of fused-ring (bicyclic) bond motifs is 1. The second kappa shape index (κ2) is 6.74. The van der Waals surface area contributed by atoms with Crippen LogP contribution in [0.1, 0.15) is 19.8 Å². The van der Waals surface area contributed by atoms with Gasteiger partial charge in [-0.05, 0) is 38.0 Å². The first-order valence-corrected chi connectivity index (χ1v) is 8.98. The van der Waals surface area contributed by atoms with Crippen molar-refractivity contribution in [2.24, 2.45) is 0 Å². The van der Waals surface area contributed by atoms with E-state index >= 15 is 0 Å². The van der Waals surface area contributed by atoms with Crippen LogP contribution in [0.15, 0.2) is 35.3 Å². The monoisotopic (exact) mass is 357 g/mol. The average Bonchev–Trinajstić information content (AvgIpc) is 2.62. The van der Waals surface area contributed by atoms with E-state index in [0.717, 1.165) is 24.8 Å². The highest BCUT2D eigenvalue weighted by atomic mass is 16.6. The molecule has 2 N–H and O–H groups in total. The number of carbonyl (C=O) groups excluding carboxylic acids is 1. The zero-order valence-corrected chi connectivity index (χ0v) is 14.8. The SMILES string of the molecule is CC1CN(C(=O)Nc2cccc3c(=O)[nH]ccc23)CC2(CCCOC2)O1. The molecule has 7 nitrogen and oxygen atoms in total. The van der Waals surface area contributed by atoms with E-state index in [-0.39, 0.29) is 17.7 Å². The van der Waals surface area contributed by atoms with Crippen molar-refractivity contribution in [2.45, 2.75) is 31.5 Å². The predicted octanol–water partition coefficient (Wildman–Crippen LogP) is 2.33. The number of carbonyl (C=O) groups is 1. The summed E-state index contributed by atoms with van der Waals surface area (Å²) >= 11 is 0. The molecule has 2 aromatic rings. The van der Waals surface area contributed by atoms with E-state index in [4.69, 9.17) is 9.47 Å². The lowest BCUT2D eigenvalue weighted by molar-refractivity contribution is -0.187. The van der Waals surface area contributed by atoms with Crippen molar-refractivity contribution < 1.29 is 14.3 Å². The van der Waals surface area contributed by atoms with E-state index in [1.165, 1.54) is 0 Å². The Hall–Kier alpha value is -2.38. The first kappa shape index (κ1) is 17.1. The highest BCUT2D eigenvalue weighted by Gasteiger charge is 2.42. The Morgan fingerprint density at radius 1 is 1.35 bits per heavy atom. The van der Waals surface area contributed by atoms with Crippen molar-refractivity contribution in [2.75, 3.05) is 31.6 Å². The van der Waals surface area contributed by atoms with Crippen LogP contribution in [-0.2, 0) is 9.47 Å². The second-order valence-electron chi connectivity index (χ2n) is 7.15. The summed E-state index contributed by atoms with van der Waals surface area (Å²) in [7, 11) is 0. The Balaban J connectivity index is 1.56. The molecular weight excluding hydrogens is 334 g/mol. The Labute approximate surface area is 151 Å². The van der Waals surface area contributed by atoms with E-state index in [1.54, 1.807) is 29.3 Å². The Morgan fingerprint density at radius 3 is 3.04 bits per heavy atom. The largest absolute Gasteiger partial charge is 0.378 e. The zero-order chi connectivity index (χ0) is 18.1. The summed E-state index contributed by atoms with van der Waals surface area (Å²) in [6.07, 6.45) is 3.37. The Bertz CT molecular complexity index is 872. The van der Waals surface area contributed by atoms with Gasteiger partial charge in [0.2, 0.25) is 0 Å². The highest BCUT2D eigenvalue weighted by molar-refractivity contribution is 6.01. The van der Waals surface area contributed by atoms with Gasteiger partial charge in [0, 0.05) is 30.1 Å². The lowest BCUT2D eigenvalue weighted by atomic mass is 9.93. The molecule has 2 atom stereocenters. The fourth-order valence-electron chi connectivity index (χ4n) is 3.95. The van der Waals surface area contributed by atoms with Crippen molar-refractivity contribution in [3.8, 4) is 0 Å². The molecule has 3 heterocycles. The summed E-state index contributed by atoms with van der Waals surface area (Å²) in [4.78, 5) is 29.3. The summed E-state index contributed by atoms with van der Waals surface area (Å²) in [6.45, 7) is 4.28. The number of morpholine rings is 1. The molecule has 2 aliphatic rings. The highest BCUT2D eigenvalue weighted by Crippen LogP contribution is 2.30. The van der Waals surface area contributed by atoms with Crippen molar-refractivity contribution in [1.82, 2.24) is 9.88 Å². The third-order valence-electron chi connectivity index (χ3n) is 5.04. The molecule has 1 aromatic carbocycles. The minimum atomic E-state index is -0.414. The molecule has 26 heavy (non-hydrogen) atoms. The van der Waals surface area contributed by atoms with Gasteiger partial charge in [0.05, 0.1) is 24.9 Å². The molecule has 2 saturated heterocycles. The summed E-state index contributed by atoms with van der Waals surface area (Å²) in [5, 5.41) is 4.24. The van der Waals surface area contributed by atoms with Crippen LogP contribution in [0, 0.1) is 0 Å². The number of aromatic amines is 1. The molecule has 2 unspecified atom stereocenters. The number of hydrogen-bond acceptors (Lipinski definition) is 4. The molecule has 0 bridgehead atoms. The lowest BCUT2D eigenvalue weighted by Gasteiger charge is -2.47.